The minimum absolute atomic E-state index is 0.0275. The normalized spacial score (nSPS) is 13.4. The third-order valence-electron chi connectivity index (χ3n) is 2.37. The average Bonchev–Trinajstić information content (AvgIpc) is 2.19. The first-order valence-corrected chi connectivity index (χ1v) is 6.58. The molecule has 5 nitrogen and oxygen atoms in total. The minimum Gasteiger partial charge on any atom is -0.397 e. The number of hydrogen-bond donors (Lipinski definition) is 3. The summed E-state index contributed by atoms with van der Waals surface area (Å²) in [5.41, 5.74) is 6.84. The smallest absolute Gasteiger partial charge is 0.238 e. The summed E-state index contributed by atoms with van der Waals surface area (Å²) in [7, 11) is -3.68. The Morgan fingerprint density at radius 1 is 1.44 bits per heavy atom. The van der Waals surface area contributed by atoms with Crippen molar-refractivity contribution in [2.75, 3.05) is 11.1 Å². The molecule has 1 aromatic rings. The highest BCUT2D eigenvalue weighted by molar-refractivity contribution is 7.89. The van der Waals surface area contributed by atoms with Crippen LogP contribution in [-0.2, 0) is 10.0 Å². The fraction of sp³-hybridized carbons (Fsp3) is 0.400. The molecule has 1 rings (SSSR count). The van der Waals surface area contributed by atoms with E-state index < -0.39 is 10.0 Å². The standard InChI is InChI=1S/C10H17N3O2S/c1-3-7(2)13-10-5-4-8(6-9(10)11)16(12,14)15/h4-7,13H,3,11H2,1-2H3,(H2,12,14,15). The fourth-order valence-electron chi connectivity index (χ4n) is 1.22. The van der Waals surface area contributed by atoms with Crippen LogP contribution in [-0.4, -0.2) is 14.5 Å². The van der Waals surface area contributed by atoms with Gasteiger partial charge in [-0.1, -0.05) is 6.92 Å². The van der Waals surface area contributed by atoms with Crippen molar-refractivity contribution in [1.82, 2.24) is 0 Å². The molecule has 0 spiro atoms. The lowest BCUT2D eigenvalue weighted by atomic mass is 10.2. The second-order valence-corrected chi connectivity index (χ2v) is 5.31. The molecule has 1 unspecified atom stereocenters. The molecule has 90 valence electrons. The van der Waals surface area contributed by atoms with E-state index in [4.69, 9.17) is 10.9 Å². The highest BCUT2D eigenvalue weighted by atomic mass is 32.2. The van der Waals surface area contributed by atoms with Gasteiger partial charge in [0.2, 0.25) is 10.0 Å². The summed E-state index contributed by atoms with van der Waals surface area (Å²) in [5.74, 6) is 0. The second-order valence-electron chi connectivity index (χ2n) is 3.75. The number of nitrogen functional groups attached to an aromatic ring is 1. The Labute approximate surface area is 95.9 Å². The average molecular weight is 243 g/mol. The van der Waals surface area contributed by atoms with Gasteiger partial charge in [0.1, 0.15) is 0 Å². The summed E-state index contributed by atoms with van der Waals surface area (Å²) in [5, 5.41) is 8.18. The molecule has 0 fully saturated rings. The zero-order chi connectivity index (χ0) is 12.3. The van der Waals surface area contributed by atoms with Crippen LogP contribution >= 0.6 is 0 Å². The van der Waals surface area contributed by atoms with E-state index in [-0.39, 0.29) is 10.9 Å². The molecule has 0 aromatic heterocycles. The van der Waals surface area contributed by atoms with Gasteiger partial charge in [-0.2, -0.15) is 0 Å². The van der Waals surface area contributed by atoms with E-state index in [2.05, 4.69) is 5.32 Å². The van der Waals surface area contributed by atoms with E-state index in [0.29, 0.717) is 5.69 Å². The molecule has 1 aromatic carbocycles. The number of anilines is 2. The summed E-state index contributed by atoms with van der Waals surface area (Å²) in [6.45, 7) is 4.07. The van der Waals surface area contributed by atoms with Gasteiger partial charge in [0.25, 0.3) is 0 Å². The molecule has 0 amide bonds. The molecule has 1 atom stereocenters. The predicted molar refractivity (Wildman–Crippen MR) is 65.6 cm³/mol. The molecule has 5 N–H and O–H groups in total. The van der Waals surface area contributed by atoms with Crippen LogP contribution in [0.25, 0.3) is 0 Å². The molecule has 0 bridgehead atoms. The van der Waals surface area contributed by atoms with Crippen LogP contribution in [0.5, 0.6) is 0 Å². The Morgan fingerprint density at radius 2 is 2.06 bits per heavy atom. The van der Waals surface area contributed by atoms with Gasteiger partial charge in [-0.05, 0) is 31.5 Å². The first-order chi connectivity index (χ1) is 7.34. The Morgan fingerprint density at radius 3 is 2.50 bits per heavy atom. The number of nitrogens with two attached hydrogens (primary N) is 2. The molecular formula is C10H17N3O2S. The van der Waals surface area contributed by atoms with Crippen LogP contribution < -0.4 is 16.2 Å². The predicted octanol–water partition coefficient (Wildman–Crippen LogP) is 1.13. The molecule has 0 saturated carbocycles. The molecule has 16 heavy (non-hydrogen) atoms. The number of sulfonamides is 1. The molecule has 0 aliphatic carbocycles. The third kappa shape index (κ3) is 3.11. The van der Waals surface area contributed by atoms with E-state index in [0.717, 1.165) is 12.1 Å². The van der Waals surface area contributed by atoms with Gasteiger partial charge in [0.15, 0.2) is 0 Å². The van der Waals surface area contributed by atoms with E-state index in [1.807, 2.05) is 13.8 Å². The van der Waals surface area contributed by atoms with Crippen molar-refractivity contribution in [3.8, 4) is 0 Å². The van der Waals surface area contributed by atoms with Gasteiger partial charge in [-0.15, -0.1) is 0 Å². The second kappa shape index (κ2) is 4.71. The molecule has 6 heteroatoms. The Kier molecular flexibility index (Phi) is 3.77. The molecule has 0 saturated heterocycles. The monoisotopic (exact) mass is 243 g/mol. The van der Waals surface area contributed by atoms with Crippen molar-refractivity contribution in [1.29, 1.82) is 0 Å². The molecule has 0 heterocycles. The van der Waals surface area contributed by atoms with Gasteiger partial charge in [0.05, 0.1) is 16.3 Å². The largest absolute Gasteiger partial charge is 0.397 e. The van der Waals surface area contributed by atoms with Gasteiger partial charge < -0.3 is 11.1 Å². The highest BCUT2D eigenvalue weighted by Crippen LogP contribution is 2.22. The number of benzene rings is 1. The summed E-state index contributed by atoms with van der Waals surface area (Å²) in [6.07, 6.45) is 0.955. The maximum absolute atomic E-state index is 11.1. The first-order valence-electron chi connectivity index (χ1n) is 5.03. The highest BCUT2D eigenvalue weighted by Gasteiger charge is 2.10. The maximum atomic E-state index is 11.1. The van der Waals surface area contributed by atoms with Crippen LogP contribution in [0.1, 0.15) is 20.3 Å². The Bertz CT molecular complexity index is 471. The lowest BCUT2D eigenvalue weighted by Gasteiger charge is -2.15. The third-order valence-corrected chi connectivity index (χ3v) is 3.28. The SMILES string of the molecule is CCC(C)Nc1ccc(S(N)(=O)=O)cc1N. The first kappa shape index (κ1) is 12.8. The van der Waals surface area contributed by atoms with Gasteiger partial charge in [-0.25, -0.2) is 13.6 Å². The number of nitrogens with one attached hydrogen (secondary N) is 1. The maximum Gasteiger partial charge on any atom is 0.238 e. The summed E-state index contributed by atoms with van der Waals surface area (Å²) in [4.78, 5) is 0.0275. The lowest BCUT2D eigenvalue weighted by Crippen LogP contribution is -2.16. The quantitative estimate of drug-likeness (QED) is 0.690. The van der Waals surface area contributed by atoms with Crippen molar-refractivity contribution >= 4 is 21.4 Å². The van der Waals surface area contributed by atoms with Gasteiger partial charge in [0, 0.05) is 6.04 Å². The van der Waals surface area contributed by atoms with E-state index >= 15 is 0 Å². The zero-order valence-electron chi connectivity index (χ0n) is 9.40. The topological polar surface area (TPSA) is 98.2 Å². The van der Waals surface area contributed by atoms with Gasteiger partial charge in [-0.3, -0.25) is 0 Å². The molecular weight excluding hydrogens is 226 g/mol. The molecule has 0 aliphatic rings. The van der Waals surface area contributed by atoms with Crippen molar-refractivity contribution < 1.29 is 8.42 Å². The Balaban J connectivity index is 3.01. The van der Waals surface area contributed by atoms with Crippen molar-refractivity contribution in [3.05, 3.63) is 18.2 Å². The van der Waals surface area contributed by atoms with Crippen LogP contribution in [0.15, 0.2) is 23.1 Å². The van der Waals surface area contributed by atoms with E-state index in [1.54, 1.807) is 6.07 Å². The van der Waals surface area contributed by atoms with Crippen LogP contribution in [0.3, 0.4) is 0 Å². The van der Waals surface area contributed by atoms with Crippen molar-refractivity contribution in [3.63, 3.8) is 0 Å². The van der Waals surface area contributed by atoms with Crippen molar-refractivity contribution in [2.24, 2.45) is 5.14 Å². The van der Waals surface area contributed by atoms with Crippen LogP contribution in [0.4, 0.5) is 11.4 Å². The number of rotatable bonds is 4. The number of hydrogen-bond acceptors (Lipinski definition) is 4. The van der Waals surface area contributed by atoms with Crippen molar-refractivity contribution in [2.45, 2.75) is 31.2 Å². The zero-order valence-corrected chi connectivity index (χ0v) is 10.2. The summed E-state index contributed by atoms with van der Waals surface area (Å²) in [6, 6.07) is 4.71. The number of primary sulfonamides is 1. The lowest BCUT2D eigenvalue weighted by molar-refractivity contribution is 0.598. The summed E-state index contributed by atoms with van der Waals surface area (Å²) >= 11 is 0. The van der Waals surface area contributed by atoms with Crippen LogP contribution in [0.2, 0.25) is 0 Å². The minimum atomic E-state index is -3.68. The van der Waals surface area contributed by atoms with Gasteiger partial charge >= 0.3 is 0 Å². The van der Waals surface area contributed by atoms with E-state index in [9.17, 15) is 8.42 Å². The Hall–Kier alpha value is -1.27. The molecule has 0 aliphatic heterocycles. The fourth-order valence-corrected chi connectivity index (χ4v) is 1.77. The van der Waals surface area contributed by atoms with Crippen LogP contribution in [0, 0.1) is 0 Å². The summed E-state index contributed by atoms with van der Waals surface area (Å²) < 4.78 is 22.2. The molecule has 0 radical (unpaired) electrons. The van der Waals surface area contributed by atoms with E-state index in [1.165, 1.54) is 12.1 Å².